The Kier molecular flexibility index (Phi) is 4.02. The maximum Gasteiger partial charge on any atom is 0.266 e. The molecule has 2 saturated heterocycles. The summed E-state index contributed by atoms with van der Waals surface area (Å²) in [5.41, 5.74) is 3.26. The van der Waals surface area contributed by atoms with Crippen LogP contribution in [0.4, 0.5) is 0 Å². The van der Waals surface area contributed by atoms with Crippen molar-refractivity contribution in [3.05, 3.63) is 52.6 Å². The Bertz CT molecular complexity index is 773. The first-order valence-corrected chi connectivity index (χ1v) is 8.84. The van der Waals surface area contributed by atoms with Gasteiger partial charge in [0.2, 0.25) is 0 Å². The average molecular weight is 343 g/mol. The van der Waals surface area contributed by atoms with Crippen molar-refractivity contribution in [1.29, 1.82) is 0 Å². The van der Waals surface area contributed by atoms with Crippen LogP contribution in [-0.2, 0) is 6.54 Å². The van der Waals surface area contributed by atoms with Crippen LogP contribution in [0.15, 0.2) is 41.4 Å². The largest absolute Gasteiger partial charge is 0.387 e. The van der Waals surface area contributed by atoms with E-state index in [1.807, 2.05) is 31.5 Å². The molecule has 0 radical (unpaired) electrons. The van der Waals surface area contributed by atoms with Crippen LogP contribution in [0.5, 0.6) is 0 Å². The van der Waals surface area contributed by atoms with Gasteiger partial charge in [0.15, 0.2) is 0 Å². The van der Waals surface area contributed by atoms with Gasteiger partial charge in [0, 0.05) is 37.3 Å². The standard InChI is InChI=1S/C18H25N5O2/c1-13-17(15-5-3-4-9-22(15)19-13)14-6-7-16(24)23(20-14)12-18(25)8-10-21(2)11-18/h3-7,9,13,15,17,19,25H,8,10-12H2,1-2H3. The van der Waals surface area contributed by atoms with Crippen LogP contribution in [0.1, 0.15) is 25.0 Å². The molecule has 7 nitrogen and oxygen atoms in total. The van der Waals surface area contributed by atoms with Gasteiger partial charge in [-0.1, -0.05) is 12.2 Å². The van der Waals surface area contributed by atoms with Gasteiger partial charge in [-0.05, 0) is 32.5 Å². The molecule has 1 aromatic rings. The van der Waals surface area contributed by atoms with Gasteiger partial charge in [0.05, 0.1) is 23.9 Å². The number of hydrogen-bond acceptors (Lipinski definition) is 6. The minimum Gasteiger partial charge on any atom is -0.387 e. The van der Waals surface area contributed by atoms with E-state index in [4.69, 9.17) is 0 Å². The molecule has 0 saturated carbocycles. The molecule has 4 rings (SSSR count). The van der Waals surface area contributed by atoms with Gasteiger partial charge in [-0.2, -0.15) is 5.10 Å². The van der Waals surface area contributed by atoms with Crippen molar-refractivity contribution in [2.24, 2.45) is 0 Å². The highest BCUT2D eigenvalue weighted by Crippen LogP contribution is 2.33. The number of β-amino-alcohol motifs (C(OH)–C–C–N with tert-alkyl or cyclic N) is 1. The summed E-state index contributed by atoms with van der Waals surface area (Å²) in [4.78, 5) is 14.4. The molecule has 1 aromatic heterocycles. The normalized spacial score (nSPS) is 34.7. The van der Waals surface area contributed by atoms with Crippen LogP contribution in [-0.4, -0.2) is 62.6 Å². The summed E-state index contributed by atoms with van der Waals surface area (Å²) in [6.07, 6.45) is 8.87. The fraction of sp³-hybridized carbons (Fsp3) is 0.556. The summed E-state index contributed by atoms with van der Waals surface area (Å²) in [5.74, 6) is 0.147. The van der Waals surface area contributed by atoms with E-state index in [9.17, 15) is 9.90 Å². The first-order chi connectivity index (χ1) is 12.0. The van der Waals surface area contributed by atoms with E-state index in [2.05, 4.69) is 33.4 Å². The molecule has 4 heterocycles. The van der Waals surface area contributed by atoms with Crippen LogP contribution in [0.25, 0.3) is 0 Å². The van der Waals surface area contributed by atoms with E-state index in [1.54, 1.807) is 6.07 Å². The Labute approximate surface area is 147 Å². The smallest absolute Gasteiger partial charge is 0.266 e. The zero-order valence-electron chi connectivity index (χ0n) is 14.7. The van der Waals surface area contributed by atoms with Crippen LogP contribution < -0.4 is 11.0 Å². The lowest BCUT2D eigenvalue weighted by molar-refractivity contribution is 0.0293. The fourth-order valence-corrected chi connectivity index (χ4v) is 4.20. The van der Waals surface area contributed by atoms with Crippen molar-refractivity contribution >= 4 is 0 Å². The average Bonchev–Trinajstić information content (AvgIpc) is 3.08. The zero-order valence-corrected chi connectivity index (χ0v) is 14.7. The Morgan fingerprint density at radius 3 is 3.00 bits per heavy atom. The van der Waals surface area contributed by atoms with E-state index in [0.717, 1.165) is 12.2 Å². The Balaban J connectivity index is 1.62. The monoisotopic (exact) mass is 343 g/mol. The number of likely N-dealkylation sites (tertiary alicyclic amines) is 1. The number of aliphatic hydroxyl groups is 1. The highest BCUT2D eigenvalue weighted by atomic mass is 16.3. The van der Waals surface area contributed by atoms with Crippen molar-refractivity contribution in [2.45, 2.75) is 43.5 Å². The van der Waals surface area contributed by atoms with Crippen LogP contribution in [0, 0.1) is 0 Å². The SMILES string of the molecule is CC1NN2C=CC=CC2C1c1ccc(=O)n(CC2(O)CCN(C)C2)n1. The second-order valence-corrected chi connectivity index (χ2v) is 7.53. The molecule has 2 N–H and O–H groups in total. The molecule has 7 heteroatoms. The number of hydrogen-bond donors (Lipinski definition) is 2. The third-order valence-electron chi connectivity index (χ3n) is 5.44. The maximum atomic E-state index is 12.3. The van der Waals surface area contributed by atoms with E-state index in [1.165, 1.54) is 4.68 Å². The second-order valence-electron chi connectivity index (χ2n) is 7.53. The predicted molar refractivity (Wildman–Crippen MR) is 94.8 cm³/mol. The van der Waals surface area contributed by atoms with E-state index >= 15 is 0 Å². The molecule has 0 amide bonds. The van der Waals surface area contributed by atoms with E-state index in [0.29, 0.717) is 13.0 Å². The molecule has 2 fully saturated rings. The maximum absolute atomic E-state index is 12.3. The molecule has 25 heavy (non-hydrogen) atoms. The first-order valence-electron chi connectivity index (χ1n) is 8.84. The van der Waals surface area contributed by atoms with Crippen molar-refractivity contribution < 1.29 is 5.11 Å². The van der Waals surface area contributed by atoms with Gasteiger partial charge < -0.3 is 15.0 Å². The fourth-order valence-electron chi connectivity index (χ4n) is 4.20. The first kappa shape index (κ1) is 16.5. The van der Waals surface area contributed by atoms with Gasteiger partial charge in [-0.15, -0.1) is 0 Å². The Hall–Kier alpha value is -1.96. The molecule has 3 aliphatic heterocycles. The minimum absolute atomic E-state index is 0.147. The van der Waals surface area contributed by atoms with Crippen LogP contribution in [0.3, 0.4) is 0 Å². The Morgan fingerprint density at radius 2 is 2.24 bits per heavy atom. The topological polar surface area (TPSA) is 73.6 Å². The number of aromatic nitrogens is 2. The predicted octanol–water partition coefficient (Wildman–Crippen LogP) is 0.0543. The molecule has 0 aliphatic carbocycles. The number of rotatable bonds is 3. The number of nitrogens with one attached hydrogen (secondary N) is 1. The molecule has 4 unspecified atom stereocenters. The number of nitrogens with zero attached hydrogens (tertiary/aromatic N) is 4. The van der Waals surface area contributed by atoms with Crippen LogP contribution in [0.2, 0.25) is 0 Å². The number of hydrazine groups is 1. The highest BCUT2D eigenvalue weighted by Gasteiger charge is 2.40. The lowest BCUT2D eigenvalue weighted by Gasteiger charge is -2.26. The van der Waals surface area contributed by atoms with Gasteiger partial charge in [0.1, 0.15) is 0 Å². The minimum atomic E-state index is -0.886. The summed E-state index contributed by atoms with van der Waals surface area (Å²) in [6.45, 7) is 3.77. The van der Waals surface area contributed by atoms with E-state index < -0.39 is 5.60 Å². The number of fused-ring (bicyclic) bond motifs is 1. The van der Waals surface area contributed by atoms with Crippen molar-refractivity contribution in [2.75, 3.05) is 20.1 Å². The quantitative estimate of drug-likeness (QED) is 0.808. The third-order valence-corrected chi connectivity index (χ3v) is 5.44. The van der Waals surface area contributed by atoms with Gasteiger partial charge in [-0.3, -0.25) is 4.79 Å². The van der Waals surface area contributed by atoms with Gasteiger partial charge >= 0.3 is 0 Å². The van der Waals surface area contributed by atoms with Gasteiger partial charge in [0.25, 0.3) is 5.56 Å². The molecular weight excluding hydrogens is 318 g/mol. The van der Waals surface area contributed by atoms with Crippen LogP contribution >= 0.6 is 0 Å². The van der Waals surface area contributed by atoms with Crippen molar-refractivity contribution in [3.8, 4) is 0 Å². The summed E-state index contributed by atoms with van der Waals surface area (Å²) >= 11 is 0. The lowest BCUT2D eigenvalue weighted by atomic mass is 9.90. The lowest BCUT2D eigenvalue weighted by Crippen LogP contribution is -2.41. The van der Waals surface area contributed by atoms with E-state index in [-0.39, 0.29) is 30.1 Å². The second kappa shape index (κ2) is 6.09. The highest BCUT2D eigenvalue weighted by molar-refractivity contribution is 5.25. The number of likely N-dealkylation sites (N-methyl/N-ethyl adjacent to an activating group) is 1. The number of allylic oxidation sites excluding steroid dienone is 2. The summed E-state index contributed by atoms with van der Waals surface area (Å²) in [6, 6.07) is 3.78. The summed E-state index contributed by atoms with van der Waals surface area (Å²) in [5, 5.41) is 17.5. The summed E-state index contributed by atoms with van der Waals surface area (Å²) < 4.78 is 1.44. The molecular formula is C18H25N5O2. The molecule has 4 atom stereocenters. The van der Waals surface area contributed by atoms with Crippen molar-refractivity contribution in [1.82, 2.24) is 25.1 Å². The third kappa shape index (κ3) is 3.03. The van der Waals surface area contributed by atoms with Crippen molar-refractivity contribution in [3.63, 3.8) is 0 Å². The zero-order chi connectivity index (χ0) is 17.6. The summed E-state index contributed by atoms with van der Waals surface area (Å²) in [7, 11) is 1.98. The molecule has 0 spiro atoms. The molecule has 0 bridgehead atoms. The molecule has 3 aliphatic rings. The molecule has 134 valence electrons. The van der Waals surface area contributed by atoms with Gasteiger partial charge in [-0.25, -0.2) is 10.1 Å². The Morgan fingerprint density at radius 1 is 1.40 bits per heavy atom. The molecule has 0 aromatic carbocycles.